The van der Waals surface area contributed by atoms with E-state index in [9.17, 15) is 0 Å². The molecule has 1 nitrogen and oxygen atoms in total. The van der Waals surface area contributed by atoms with Gasteiger partial charge < -0.3 is 5.32 Å². The van der Waals surface area contributed by atoms with E-state index in [0.29, 0.717) is 0 Å². The Kier molecular flexibility index (Phi) is 4.09. The van der Waals surface area contributed by atoms with E-state index >= 15 is 0 Å². The molecule has 1 aliphatic rings. The lowest BCUT2D eigenvalue weighted by molar-refractivity contribution is 0.293. The summed E-state index contributed by atoms with van der Waals surface area (Å²) in [5.41, 5.74) is 4.03. The van der Waals surface area contributed by atoms with E-state index in [0.717, 1.165) is 18.4 Å². The highest BCUT2D eigenvalue weighted by Gasteiger charge is 2.18. The molecule has 2 rings (SSSR count). The van der Waals surface area contributed by atoms with Crippen molar-refractivity contribution in [3.8, 4) is 0 Å². The molecule has 0 bridgehead atoms. The summed E-state index contributed by atoms with van der Waals surface area (Å²) in [4.78, 5) is 0. The van der Waals surface area contributed by atoms with Crippen molar-refractivity contribution in [2.24, 2.45) is 11.8 Å². The van der Waals surface area contributed by atoms with Gasteiger partial charge in [-0.1, -0.05) is 31.9 Å². The maximum absolute atomic E-state index is 3.64. The van der Waals surface area contributed by atoms with Gasteiger partial charge in [0, 0.05) is 12.2 Å². The Bertz CT molecular complexity index is 370. The van der Waals surface area contributed by atoms with Crippen LogP contribution in [0.15, 0.2) is 18.2 Å². The van der Waals surface area contributed by atoms with E-state index in [2.05, 4.69) is 44.3 Å². The SMILES string of the molecule is Cc1ccc(C)c(NCC2CCCC(C)C2)c1. The Morgan fingerprint density at radius 1 is 1.24 bits per heavy atom. The second kappa shape index (κ2) is 5.57. The highest BCUT2D eigenvalue weighted by molar-refractivity contribution is 5.52. The van der Waals surface area contributed by atoms with Crippen LogP contribution in [-0.4, -0.2) is 6.54 Å². The average Bonchev–Trinajstić information content (AvgIpc) is 2.30. The summed E-state index contributed by atoms with van der Waals surface area (Å²) in [6, 6.07) is 6.66. The number of hydrogen-bond donors (Lipinski definition) is 1. The van der Waals surface area contributed by atoms with Crippen LogP contribution >= 0.6 is 0 Å². The smallest absolute Gasteiger partial charge is 0.0372 e. The van der Waals surface area contributed by atoms with Gasteiger partial charge in [-0.15, -0.1) is 0 Å². The molecule has 2 unspecified atom stereocenters. The monoisotopic (exact) mass is 231 g/mol. The normalized spacial score (nSPS) is 24.6. The van der Waals surface area contributed by atoms with Crippen LogP contribution in [0.5, 0.6) is 0 Å². The molecule has 0 saturated heterocycles. The maximum Gasteiger partial charge on any atom is 0.0372 e. The summed E-state index contributed by atoms with van der Waals surface area (Å²) in [6.45, 7) is 7.89. The van der Waals surface area contributed by atoms with E-state index in [1.54, 1.807) is 0 Å². The van der Waals surface area contributed by atoms with Gasteiger partial charge in [-0.3, -0.25) is 0 Å². The van der Waals surface area contributed by atoms with E-state index in [4.69, 9.17) is 0 Å². The van der Waals surface area contributed by atoms with Gasteiger partial charge in [0.15, 0.2) is 0 Å². The number of anilines is 1. The van der Waals surface area contributed by atoms with Crippen LogP contribution < -0.4 is 5.32 Å². The number of nitrogens with one attached hydrogen (secondary N) is 1. The van der Waals surface area contributed by atoms with Gasteiger partial charge in [0.25, 0.3) is 0 Å². The fraction of sp³-hybridized carbons (Fsp3) is 0.625. The van der Waals surface area contributed by atoms with Crippen molar-refractivity contribution in [1.82, 2.24) is 0 Å². The molecular weight excluding hydrogens is 206 g/mol. The predicted octanol–water partition coefficient (Wildman–Crippen LogP) is 4.54. The minimum atomic E-state index is 0.874. The van der Waals surface area contributed by atoms with Crippen molar-refractivity contribution in [2.45, 2.75) is 46.5 Å². The number of hydrogen-bond acceptors (Lipinski definition) is 1. The summed E-state index contributed by atoms with van der Waals surface area (Å²) in [7, 11) is 0. The molecule has 0 aliphatic heterocycles. The molecule has 17 heavy (non-hydrogen) atoms. The first-order valence-electron chi connectivity index (χ1n) is 6.96. The number of aryl methyl sites for hydroxylation is 2. The molecule has 1 heteroatoms. The quantitative estimate of drug-likeness (QED) is 0.805. The van der Waals surface area contributed by atoms with Crippen molar-refractivity contribution in [3.05, 3.63) is 29.3 Å². The third-order valence-corrected chi connectivity index (χ3v) is 4.02. The predicted molar refractivity (Wildman–Crippen MR) is 75.5 cm³/mol. The highest BCUT2D eigenvalue weighted by atomic mass is 14.9. The third-order valence-electron chi connectivity index (χ3n) is 4.02. The van der Waals surface area contributed by atoms with E-state index in [-0.39, 0.29) is 0 Å². The van der Waals surface area contributed by atoms with Crippen LogP contribution in [0.3, 0.4) is 0 Å². The Labute approximate surface area is 106 Å². The summed E-state index contributed by atoms with van der Waals surface area (Å²) >= 11 is 0. The van der Waals surface area contributed by atoms with Crippen molar-refractivity contribution in [1.29, 1.82) is 0 Å². The zero-order chi connectivity index (χ0) is 12.3. The highest BCUT2D eigenvalue weighted by Crippen LogP contribution is 2.29. The largest absolute Gasteiger partial charge is 0.385 e. The molecule has 0 amide bonds. The first-order chi connectivity index (χ1) is 8.15. The Morgan fingerprint density at radius 2 is 2.06 bits per heavy atom. The molecule has 0 aromatic heterocycles. The van der Waals surface area contributed by atoms with Gasteiger partial charge in [-0.2, -0.15) is 0 Å². The van der Waals surface area contributed by atoms with E-state index in [1.807, 2.05) is 0 Å². The molecular formula is C16H25N. The topological polar surface area (TPSA) is 12.0 Å². The van der Waals surface area contributed by atoms with Crippen molar-refractivity contribution < 1.29 is 0 Å². The second-order valence-electron chi connectivity index (χ2n) is 5.84. The number of benzene rings is 1. The fourth-order valence-electron chi connectivity index (χ4n) is 2.93. The van der Waals surface area contributed by atoms with Crippen LogP contribution in [0.1, 0.15) is 43.7 Å². The zero-order valence-electron chi connectivity index (χ0n) is 11.4. The maximum atomic E-state index is 3.64. The Hall–Kier alpha value is -0.980. The number of rotatable bonds is 3. The molecule has 94 valence electrons. The molecule has 1 aromatic rings. The van der Waals surface area contributed by atoms with Gasteiger partial charge in [0.05, 0.1) is 0 Å². The van der Waals surface area contributed by atoms with E-state index < -0.39 is 0 Å². The fourth-order valence-corrected chi connectivity index (χ4v) is 2.93. The zero-order valence-corrected chi connectivity index (χ0v) is 11.4. The lowest BCUT2D eigenvalue weighted by Crippen LogP contribution is -2.21. The molecule has 1 N–H and O–H groups in total. The van der Waals surface area contributed by atoms with Crippen LogP contribution in [0.25, 0.3) is 0 Å². The van der Waals surface area contributed by atoms with Crippen molar-refractivity contribution in [2.75, 3.05) is 11.9 Å². The molecule has 0 spiro atoms. The van der Waals surface area contributed by atoms with Gasteiger partial charge in [-0.25, -0.2) is 0 Å². The standard InChI is InChI=1S/C16H25N/c1-12-5-4-6-15(9-12)11-17-16-10-13(2)7-8-14(16)3/h7-8,10,12,15,17H,4-6,9,11H2,1-3H3. The van der Waals surface area contributed by atoms with Crippen LogP contribution in [0, 0.1) is 25.7 Å². The summed E-state index contributed by atoms with van der Waals surface area (Å²) in [5.74, 6) is 1.80. The second-order valence-corrected chi connectivity index (χ2v) is 5.84. The summed E-state index contributed by atoms with van der Waals surface area (Å²) in [5, 5.41) is 3.64. The van der Waals surface area contributed by atoms with Crippen molar-refractivity contribution in [3.63, 3.8) is 0 Å². The Balaban J connectivity index is 1.90. The van der Waals surface area contributed by atoms with Gasteiger partial charge >= 0.3 is 0 Å². The minimum absolute atomic E-state index is 0.874. The van der Waals surface area contributed by atoms with Crippen LogP contribution in [0.2, 0.25) is 0 Å². The van der Waals surface area contributed by atoms with Crippen LogP contribution in [-0.2, 0) is 0 Å². The first-order valence-corrected chi connectivity index (χ1v) is 6.96. The minimum Gasteiger partial charge on any atom is -0.385 e. The molecule has 0 radical (unpaired) electrons. The molecule has 1 aromatic carbocycles. The lowest BCUT2D eigenvalue weighted by atomic mass is 9.82. The molecule has 2 atom stereocenters. The molecule has 1 fully saturated rings. The lowest BCUT2D eigenvalue weighted by Gasteiger charge is -2.27. The molecule has 0 heterocycles. The Morgan fingerprint density at radius 3 is 2.82 bits per heavy atom. The summed E-state index contributed by atoms with van der Waals surface area (Å²) in [6.07, 6.45) is 5.65. The first kappa shape index (κ1) is 12.5. The van der Waals surface area contributed by atoms with Gasteiger partial charge in [-0.05, 0) is 55.7 Å². The third kappa shape index (κ3) is 3.49. The molecule has 1 aliphatic carbocycles. The van der Waals surface area contributed by atoms with E-state index in [1.165, 1.54) is 42.5 Å². The van der Waals surface area contributed by atoms with Crippen LogP contribution in [0.4, 0.5) is 5.69 Å². The molecule has 1 saturated carbocycles. The average molecular weight is 231 g/mol. The van der Waals surface area contributed by atoms with Crippen molar-refractivity contribution >= 4 is 5.69 Å². The van der Waals surface area contributed by atoms with Gasteiger partial charge in [0.2, 0.25) is 0 Å². The summed E-state index contributed by atoms with van der Waals surface area (Å²) < 4.78 is 0. The van der Waals surface area contributed by atoms with Gasteiger partial charge in [0.1, 0.15) is 0 Å².